The van der Waals surface area contributed by atoms with Gasteiger partial charge in [0, 0.05) is 24.8 Å². The van der Waals surface area contributed by atoms with Crippen LogP contribution in [0.25, 0.3) is 0 Å². The van der Waals surface area contributed by atoms with Crippen molar-refractivity contribution in [1.29, 1.82) is 0 Å². The number of anilines is 1. The van der Waals surface area contributed by atoms with Crippen molar-refractivity contribution in [1.82, 2.24) is 0 Å². The van der Waals surface area contributed by atoms with Gasteiger partial charge in [-0.15, -0.1) is 0 Å². The number of benzene rings is 1. The highest BCUT2D eigenvalue weighted by Crippen LogP contribution is 2.34. The van der Waals surface area contributed by atoms with E-state index in [9.17, 15) is 0 Å². The minimum absolute atomic E-state index is 0.579. The first-order chi connectivity index (χ1) is 9.86. The third-order valence-electron chi connectivity index (χ3n) is 3.22. The molecule has 0 unspecified atom stereocenters. The van der Waals surface area contributed by atoms with Gasteiger partial charge in [0.2, 0.25) is 0 Å². The van der Waals surface area contributed by atoms with E-state index < -0.39 is 0 Å². The van der Waals surface area contributed by atoms with Crippen molar-refractivity contribution in [3.05, 3.63) is 42.4 Å². The van der Waals surface area contributed by atoms with E-state index >= 15 is 0 Å². The summed E-state index contributed by atoms with van der Waals surface area (Å²) in [5.41, 5.74) is 6.76. The molecular weight excluding hydrogens is 256 g/mol. The van der Waals surface area contributed by atoms with Crippen molar-refractivity contribution in [2.45, 2.75) is 6.54 Å². The molecule has 2 heterocycles. The third-order valence-corrected chi connectivity index (χ3v) is 3.22. The molecular formula is C15H18N2O3. The monoisotopic (exact) mass is 274 g/mol. The van der Waals surface area contributed by atoms with E-state index in [2.05, 4.69) is 4.90 Å². The quantitative estimate of drug-likeness (QED) is 0.903. The average Bonchev–Trinajstić information content (AvgIpc) is 2.99. The smallest absolute Gasteiger partial charge is 0.163 e. The van der Waals surface area contributed by atoms with Gasteiger partial charge in [-0.05, 0) is 24.3 Å². The summed E-state index contributed by atoms with van der Waals surface area (Å²) in [5, 5.41) is 0. The molecule has 0 aliphatic carbocycles. The summed E-state index contributed by atoms with van der Waals surface area (Å²) in [4.78, 5) is 2.16. The first-order valence-corrected chi connectivity index (χ1v) is 6.74. The zero-order valence-electron chi connectivity index (χ0n) is 11.2. The van der Waals surface area contributed by atoms with Crippen molar-refractivity contribution in [3.63, 3.8) is 0 Å². The van der Waals surface area contributed by atoms with Crippen molar-refractivity contribution in [2.75, 3.05) is 31.2 Å². The zero-order chi connectivity index (χ0) is 13.8. The van der Waals surface area contributed by atoms with Gasteiger partial charge in [0.05, 0.1) is 12.8 Å². The lowest BCUT2D eigenvalue weighted by molar-refractivity contribution is 0.171. The molecule has 1 aromatic carbocycles. The zero-order valence-corrected chi connectivity index (χ0v) is 11.2. The van der Waals surface area contributed by atoms with E-state index in [-0.39, 0.29) is 0 Å². The van der Waals surface area contributed by atoms with Gasteiger partial charge < -0.3 is 24.5 Å². The second-order valence-electron chi connectivity index (χ2n) is 4.62. The Kier molecular flexibility index (Phi) is 3.78. The summed E-state index contributed by atoms with van der Waals surface area (Å²) in [6.07, 6.45) is 1.68. The average molecular weight is 274 g/mol. The molecule has 5 nitrogen and oxygen atoms in total. The molecule has 5 heteroatoms. The van der Waals surface area contributed by atoms with E-state index in [1.165, 1.54) is 0 Å². The molecule has 1 aliphatic heterocycles. The Morgan fingerprint density at radius 2 is 1.95 bits per heavy atom. The van der Waals surface area contributed by atoms with Crippen LogP contribution in [-0.4, -0.2) is 26.3 Å². The molecule has 0 saturated heterocycles. The molecule has 2 aromatic rings. The van der Waals surface area contributed by atoms with Crippen LogP contribution in [0.4, 0.5) is 5.69 Å². The van der Waals surface area contributed by atoms with Gasteiger partial charge in [-0.1, -0.05) is 0 Å². The number of nitrogens with zero attached hydrogens (tertiary/aromatic N) is 1. The number of hydrogen-bond acceptors (Lipinski definition) is 5. The minimum Gasteiger partial charge on any atom is -0.486 e. The molecule has 0 radical (unpaired) electrons. The fourth-order valence-corrected chi connectivity index (χ4v) is 2.27. The first-order valence-electron chi connectivity index (χ1n) is 6.74. The molecule has 0 fully saturated rings. The fourth-order valence-electron chi connectivity index (χ4n) is 2.27. The van der Waals surface area contributed by atoms with Crippen LogP contribution >= 0.6 is 0 Å². The first kappa shape index (κ1) is 12.9. The number of fused-ring (bicyclic) bond motifs is 1. The van der Waals surface area contributed by atoms with E-state index in [0.29, 0.717) is 26.3 Å². The SMILES string of the molecule is NCCN(Cc1ccco1)c1ccc2c(c1)OCCO2. The Hall–Kier alpha value is -2.14. The van der Waals surface area contributed by atoms with E-state index in [4.69, 9.17) is 19.6 Å². The molecule has 0 bridgehead atoms. The minimum atomic E-state index is 0.579. The largest absolute Gasteiger partial charge is 0.486 e. The Morgan fingerprint density at radius 1 is 1.10 bits per heavy atom. The molecule has 0 amide bonds. The Bertz CT molecular complexity index is 554. The third kappa shape index (κ3) is 2.72. The summed E-state index contributed by atoms with van der Waals surface area (Å²) in [7, 11) is 0. The maximum Gasteiger partial charge on any atom is 0.163 e. The van der Waals surface area contributed by atoms with Crippen molar-refractivity contribution >= 4 is 5.69 Å². The predicted molar refractivity (Wildman–Crippen MR) is 76.2 cm³/mol. The molecule has 0 spiro atoms. The standard InChI is InChI=1S/C15H18N2O3/c16-5-6-17(11-13-2-1-7-18-13)12-3-4-14-15(10-12)20-9-8-19-14/h1-4,7,10H,5-6,8-9,11,16H2. The van der Waals surface area contributed by atoms with Crippen LogP contribution in [0, 0.1) is 0 Å². The number of ether oxygens (including phenoxy) is 2. The van der Waals surface area contributed by atoms with E-state index in [1.807, 2.05) is 30.3 Å². The van der Waals surface area contributed by atoms with Crippen molar-refractivity contribution in [3.8, 4) is 11.5 Å². The number of rotatable bonds is 5. The van der Waals surface area contributed by atoms with Crippen LogP contribution in [0.5, 0.6) is 11.5 Å². The maximum absolute atomic E-state index is 5.71. The Morgan fingerprint density at radius 3 is 2.70 bits per heavy atom. The van der Waals surface area contributed by atoms with Gasteiger partial charge in [0.25, 0.3) is 0 Å². The Balaban J connectivity index is 1.83. The molecule has 0 atom stereocenters. The normalized spacial score (nSPS) is 13.2. The highest BCUT2D eigenvalue weighted by molar-refractivity contribution is 5.57. The second-order valence-corrected chi connectivity index (χ2v) is 4.62. The van der Waals surface area contributed by atoms with E-state index in [1.54, 1.807) is 6.26 Å². The summed E-state index contributed by atoms with van der Waals surface area (Å²) in [5.74, 6) is 2.49. The van der Waals surface area contributed by atoms with Crippen LogP contribution in [0.1, 0.15) is 5.76 Å². The van der Waals surface area contributed by atoms with Gasteiger partial charge in [-0.25, -0.2) is 0 Å². The molecule has 106 valence electrons. The number of furan rings is 1. The number of hydrogen-bond donors (Lipinski definition) is 1. The van der Waals surface area contributed by atoms with Crippen molar-refractivity contribution < 1.29 is 13.9 Å². The van der Waals surface area contributed by atoms with Crippen LogP contribution in [0.15, 0.2) is 41.0 Å². The lowest BCUT2D eigenvalue weighted by atomic mass is 10.2. The summed E-state index contributed by atoms with van der Waals surface area (Å²) in [6.45, 7) is 3.20. The van der Waals surface area contributed by atoms with Gasteiger partial charge in [-0.2, -0.15) is 0 Å². The van der Waals surface area contributed by atoms with Gasteiger partial charge in [0.15, 0.2) is 11.5 Å². The highest BCUT2D eigenvalue weighted by atomic mass is 16.6. The lowest BCUT2D eigenvalue weighted by Crippen LogP contribution is -2.29. The molecule has 3 rings (SSSR count). The topological polar surface area (TPSA) is 60.9 Å². The molecule has 1 aliphatic rings. The fraction of sp³-hybridized carbons (Fsp3) is 0.333. The molecule has 2 N–H and O–H groups in total. The summed E-state index contributed by atoms with van der Waals surface area (Å²) >= 11 is 0. The van der Waals surface area contributed by atoms with E-state index in [0.717, 1.165) is 29.5 Å². The maximum atomic E-state index is 5.71. The van der Waals surface area contributed by atoms with Crippen molar-refractivity contribution in [2.24, 2.45) is 5.73 Å². The van der Waals surface area contributed by atoms with Crippen LogP contribution in [0.2, 0.25) is 0 Å². The van der Waals surface area contributed by atoms with Crippen LogP contribution in [0.3, 0.4) is 0 Å². The lowest BCUT2D eigenvalue weighted by Gasteiger charge is -2.25. The number of nitrogens with two attached hydrogens (primary N) is 1. The Labute approximate surface area is 117 Å². The predicted octanol–water partition coefficient (Wildman–Crippen LogP) is 2.02. The summed E-state index contributed by atoms with van der Waals surface area (Å²) < 4.78 is 16.6. The molecule has 1 aromatic heterocycles. The highest BCUT2D eigenvalue weighted by Gasteiger charge is 2.15. The second kappa shape index (κ2) is 5.88. The van der Waals surface area contributed by atoms with Gasteiger partial charge in [-0.3, -0.25) is 0 Å². The molecule has 0 saturated carbocycles. The van der Waals surface area contributed by atoms with Crippen LogP contribution < -0.4 is 20.1 Å². The summed E-state index contributed by atoms with van der Waals surface area (Å²) in [6, 6.07) is 9.80. The van der Waals surface area contributed by atoms with Crippen LogP contribution in [-0.2, 0) is 6.54 Å². The van der Waals surface area contributed by atoms with Gasteiger partial charge >= 0.3 is 0 Å². The van der Waals surface area contributed by atoms with Gasteiger partial charge in [0.1, 0.15) is 19.0 Å². The molecule has 20 heavy (non-hydrogen) atoms.